The van der Waals surface area contributed by atoms with Gasteiger partial charge < -0.3 is 9.80 Å². The summed E-state index contributed by atoms with van der Waals surface area (Å²) < 4.78 is 0. The molecule has 2 aliphatic heterocycles. The fraction of sp³-hybridized carbons (Fsp3) is 0.522. The third-order valence-corrected chi connectivity index (χ3v) is 6.69. The molecule has 3 heterocycles. The molecule has 0 unspecified atom stereocenters. The Bertz CT molecular complexity index is 828. The van der Waals surface area contributed by atoms with Crippen molar-refractivity contribution in [1.29, 1.82) is 0 Å². The highest BCUT2D eigenvalue weighted by atomic mass is 16.2. The van der Waals surface area contributed by atoms with Gasteiger partial charge in [-0.3, -0.25) is 4.79 Å². The second-order valence-corrected chi connectivity index (χ2v) is 8.45. The maximum absolute atomic E-state index is 12.5. The van der Waals surface area contributed by atoms with Gasteiger partial charge in [-0.2, -0.15) is 0 Å². The number of piperidine rings is 2. The van der Waals surface area contributed by atoms with E-state index in [-0.39, 0.29) is 5.41 Å². The van der Waals surface area contributed by atoms with Crippen LogP contribution in [0.1, 0.15) is 42.5 Å². The summed E-state index contributed by atoms with van der Waals surface area (Å²) in [7, 11) is 0. The lowest BCUT2D eigenvalue weighted by Crippen LogP contribution is -2.52. The van der Waals surface area contributed by atoms with E-state index in [1.54, 1.807) is 6.33 Å². The molecule has 5 heteroatoms. The van der Waals surface area contributed by atoms with Gasteiger partial charge in [-0.15, -0.1) is 0 Å². The quantitative estimate of drug-likeness (QED) is 0.816. The van der Waals surface area contributed by atoms with Crippen molar-refractivity contribution in [2.45, 2.75) is 46.0 Å². The van der Waals surface area contributed by atoms with Gasteiger partial charge in [-0.1, -0.05) is 30.3 Å². The van der Waals surface area contributed by atoms with E-state index in [2.05, 4.69) is 51.0 Å². The predicted octanol–water partition coefficient (Wildman–Crippen LogP) is 3.55. The van der Waals surface area contributed by atoms with Gasteiger partial charge in [-0.05, 0) is 50.5 Å². The van der Waals surface area contributed by atoms with Crippen LogP contribution in [0.3, 0.4) is 0 Å². The van der Waals surface area contributed by atoms with E-state index in [0.29, 0.717) is 12.3 Å². The molecule has 5 nitrogen and oxygen atoms in total. The second-order valence-electron chi connectivity index (χ2n) is 8.45. The van der Waals surface area contributed by atoms with Crippen LogP contribution in [0.25, 0.3) is 0 Å². The minimum absolute atomic E-state index is 0.275. The van der Waals surface area contributed by atoms with E-state index >= 15 is 0 Å². The van der Waals surface area contributed by atoms with Crippen LogP contribution in [-0.4, -0.2) is 47.0 Å². The molecule has 1 aromatic heterocycles. The SMILES string of the molecule is Cc1ncnc(N2CCC3(CCC(=O)N(CCc4ccccc4)C3)CC2)c1C. The highest BCUT2D eigenvalue weighted by Crippen LogP contribution is 2.41. The normalized spacial score (nSPS) is 19.3. The van der Waals surface area contributed by atoms with Crippen molar-refractivity contribution in [3.63, 3.8) is 0 Å². The van der Waals surface area contributed by atoms with Gasteiger partial charge >= 0.3 is 0 Å². The first-order valence-electron chi connectivity index (χ1n) is 10.4. The average Bonchev–Trinajstić information content (AvgIpc) is 2.73. The van der Waals surface area contributed by atoms with Crippen LogP contribution in [0.2, 0.25) is 0 Å². The summed E-state index contributed by atoms with van der Waals surface area (Å²) >= 11 is 0. The maximum atomic E-state index is 12.5. The molecule has 1 amide bonds. The topological polar surface area (TPSA) is 49.3 Å². The number of hydrogen-bond donors (Lipinski definition) is 0. The van der Waals surface area contributed by atoms with Crippen molar-refractivity contribution in [3.8, 4) is 0 Å². The number of nitrogens with zero attached hydrogens (tertiary/aromatic N) is 4. The molecule has 2 saturated heterocycles. The number of aromatic nitrogens is 2. The molecule has 0 radical (unpaired) electrons. The monoisotopic (exact) mass is 378 g/mol. The number of aryl methyl sites for hydroxylation is 1. The minimum Gasteiger partial charge on any atom is -0.356 e. The standard InChI is InChI=1S/C23H30N4O/c1-18-19(2)24-17-25-22(18)26-14-11-23(12-15-26)10-8-21(28)27(16-23)13-9-20-6-4-3-5-7-20/h3-7,17H,8-16H2,1-2H3. The van der Waals surface area contributed by atoms with E-state index in [1.165, 1.54) is 11.1 Å². The Labute approximate surface area is 167 Å². The summed E-state index contributed by atoms with van der Waals surface area (Å²) in [6, 6.07) is 10.5. The molecular formula is C23H30N4O. The summed E-state index contributed by atoms with van der Waals surface area (Å²) in [6.45, 7) is 7.92. The molecule has 4 rings (SSSR count). The highest BCUT2D eigenvalue weighted by molar-refractivity contribution is 5.77. The molecule has 0 atom stereocenters. The van der Waals surface area contributed by atoms with Crippen molar-refractivity contribution in [1.82, 2.24) is 14.9 Å². The molecular weight excluding hydrogens is 348 g/mol. The largest absolute Gasteiger partial charge is 0.356 e. The van der Waals surface area contributed by atoms with Gasteiger partial charge in [0.2, 0.25) is 5.91 Å². The molecule has 0 saturated carbocycles. The molecule has 2 fully saturated rings. The van der Waals surface area contributed by atoms with Crippen molar-refractivity contribution in [3.05, 3.63) is 53.5 Å². The lowest BCUT2D eigenvalue weighted by Gasteiger charge is -2.48. The molecule has 0 N–H and O–H groups in total. The lowest BCUT2D eigenvalue weighted by molar-refractivity contribution is -0.138. The molecule has 2 aliphatic rings. The van der Waals surface area contributed by atoms with Gasteiger partial charge in [0.05, 0.1) is 0 Å². The number of carbonyl (C=O) groups is 1. The molecule has 2 aromatic rings. The number of hydrogen-bond acceptors (Lipinski definition) is 4. The van der Waals surface area contributed by atoms with Gasteiger partial charge in [0, 0.05) is 43.9 Å². The lowest BCUT2D eigenvalue weighted by atomic mass is 9.72. The third-order valence-electron chi connectivity index (χ3n) is 6.69. The Morgan fingerprint density at radius 3 is 2.54 bits per heavy atom. The van der Waals surface area contributed by atoms with E-state index in [9.17, 15) is 4.79 Å². The Morgan fingerprint density at radius 2 is 1.79 bits per heavy atom. The highest BCUT2D eigenvalue weighted by Gasteiger charge is 2.41. The molecule has 0 bridgehead atoms. The summed E-state index contributed by atoms with van der Waals surface area (Å²) in [5.74, 6) is 1.40. The number of rotatable bonds is 4. The smallest absolute Gasteiger partial charge is 0.222 e. The van der Waals surface area contributed by atoms with Crippen LogP contribution in [-0.2, 0) is 11.2 Å². The molecule has 1 spiro atoms. The van der Waals surface area contributed by atoms with E-state index in [1.807, 2.05) is 13.0 Å². The van der Waals surface area contributed by atoms with Crippen molar-refractivity contribution in [2.75, 3.05) is 31.1 Å². The number of anilines is 1. The van der Waals surface area contributed by atoms with Gasteiger partial charge in [0.1, 0.15) is 12.1 Å². The van der Waals surface area contributed by atoms with Crippen molar-refractivity contribution >= 4 is 11.7 Å². The van der Waals surface area contributed by atoms with Gasteiger partial charge in [0.15, 0.2) is 0 Å². The Hall–Kier alpha value is -2.43. The Morgan fingerprint density at radius 1 is 1.04 bits per heavy atom. The third kappa shape index (κ3) is 3.89. The second kappa shape index (κ2) is 7.90. The number of carbonyl (C=O) groups excluding carboxylic acids is 1. The van der Waals surface area contributed by atoms with Crippen LogP contribution in [0.5, 0.6) is 0 Å². The van der Waals surface area contributed by atoms with Crippen LogP contribution in [0.4, 0.5) is 5.82 Å². The molecule has 0 aliphatic carbocycles. The molecule has 148 valence electrons. The Kier molecular flexibility index (Phi) is 5.33. The van der Waals surface area contributed by atoms with E-state index in [4.69, 9.17) is 0 Å². The van der Waals surface area contributed by atoms with Crippen LogP contribution >= 0.6 is 0 Å². The number of amides is 1. The molecule has 1 aromatic carbocycles. The number of benzene rings is 1. The first-order valence-corrected chi connectivity index (χ1v) is 10.4. The summed E-state index contributed by atoms with van der Waals surface area (Å²) in [5.41, 5.74) is 3.82. The summed E-state index contributed by atoms with van der Waals surface area (Å²) in [6.07, 6.45) is 6.60. The molecule has 28 heavy (non-hydrogen) atoms. The fourth-order valence-electron chi connectivity index (χ4n) is 4.66. The minimum atomic E-state index is 0.275. The van der Waals surface area contributed by atoms with Gasteiger partial charge in [-0.25, -0.2) is 9.97 Å². The zero-order chi connectivity index (χ0) is 19.6. The van der Waals surface area contributed by atoms with Crippen LogP contribution in [0.15, 0.2) is 36.7 Å². The first kappa shape index (κ1) is 18.9. The van der Waals surface area contributed by atoms with Crippen molar-refractivity contribution < 1.29 is 4.79 Å². The number of likely N-dealkylation sites (tertiary alicyclic amines) is 1. The fourth-order valence-corrected chi connectivity index (χ4v) is 4.66. The zero-order valence-electron chi connectivity index (χ0n) is 17.0. The predicted molar refractivity (Wildman–Crippen MR) is 111 cm³/mol. The summed E-state index contributed by atoms with van der Waals surface area (Å²) in [4.78, 5) is 25.9. The van der Waals surface area contributed by atoms with Crippen LogP contribution < -0.4 is 4.90 Å². The van der Waals surface area contributed by atoms with E-state index in [0.717, 1.165) is 63.4 Å². The first-order chi connectivity index (χ1) is 13.6. The maximum Gasteiger partial charge on any atom is 0.222 e. The average molecular weight is 379 g/mol. The zero-order valence-corrected chi connectivity index (χ0v) is 17.0. The Balaban J connectivity index is 1.39. The summed E-state index contributed by atoms with van der Waals surface area (Å²) in [5, 5.41) is 0. The van der Waals surface area contributed by atoms with E-state index < -0.39 is 0 Å². The van der Waals surface area contributed by atoms with Gasteiger partial charge in [0.25, 0.3) is 0 Å². The van der Waals surface area contributed by atoms with Crippen molar-refractivity contribution in [2.24, 2.45) is 5.41 Å². The van der Waals surface area contributed by atoms with Crippen LogP contribution in [0, 0.1) is 19.3 Å².